The molecule has 0 N–H and O–H groups in total. The Balaban J connectivity index is 3.57. The zero-order valence-corrected chi connectivity index (χ0v) is 8.19. The highest BCUT2D eigenvalue weighted by Crippen LogP contribution is 2.18. The topological polar surface area (TPSA) is 68.3 Å². The van der Waals surface area contributed by atoms with Crippen molar-refractivity contribution >= 4 is 18.6 Å². The predicted octanol–water partition coefficient (Wildman–Crippen LogP) is 0.265. The van der Waals surface area contributed by atoms with E-state index in [1.807, 2.05) is 0 Å². The van der Waals surface area contributed by atoms with Crippen molar-refractivity contribution in [2.45, 2.75) is 4.90 Å². The molecule has 0 heterocycles. The van der Waals surface area contributed by atoms with Crippen LogP contribution in [0.4, 0.5) is 8.78 Å². The van der Waals surface area contributed by atoms with Crippen LogP contribution in [-0.2, 0) is 18.6 Å². The van der Waals surface area contributed by atoms with Gasteiger partial charge in [-0.2, -0.15) is 0 Å². The van der Waals surface area contributed by atoms with Crippen LogP contribution in [0.25, 0.3) is 0 Å². The first-order valence-electron chi connectivity index (χ1n) is 3.21. The molecule has 0 aliphatic carbocycles. The maximum Gasteiger partial charge on any atom is 0.282 e. The van der Waals surface area contributed by atoms with Gasteiger partial charge < -0.3 is 0 Å². The molecule has 1 rings (SSSR count). The average Bonchev–Trinajstić information content (AvgIpc) is 2.09. The largest absolute Gasteiger partial charge is 0.282 e. The fraction of sp³-hybridized carbons (Fsp3) is 0. The zero-order chi connectivity index (χ0) is 10.9. The highest BCUT2D eigenvalue weighted by atomic mass is 33.1. The van der Waals surface area contributed by atoms with Gasteiger partial charge in [0, 0.05) is 0 Å². The van der Waals surface area contributed by atoms with Gasteiger partial charge in [0.25, 0.3) is 8.87 Å². The Hall–Kier alpha value is -1.02. The lowest BCUT2D eigenvalue weighted by atomic mass is 10.3. The molecule has 14 heavy (non-hydrogen) atoms. The quantitative estimate of drug-likeness (QED) is 0.597. The van der Waals surface area contributed by atoms with Gasteiger partial charge in [-0.25, -0.2) is 25.6 Å². The van der Waals surface area contributed by atoms with E-state index in [1.54, 1.807) is 0 Å². The first kappa shape index (κ1) is 11.1. The van der Waals surface area contributed by atoms with Crippen LogP contribution < -0.4 is 0 Å². The number of hydrogen-bond donors (Lipinski definition) is 1. The van der Waals surface area contributed by atoms with Crippen LogP contribution in [-0.4, -0.2) is 16.8 Å². The summed E-state index contributed by atoms with van der Waals surface area (Å²) in [4.78, 5) is -1.17. The average molecular weight is 242 g/mol. The molecule has 0 aliphatic rings. The molecule has 0 atom stereocenters. The van der Waals surface area contributed by atoms with Crippen molar-refractivity contribution in [3.63, 3.8) is 0 Å². The van der Waals surface area contributed by atoms with E-state index < -0.39 is 35.1 Å². The molecule has 0 aliphatic heterocycles. The third-order valence-corrected chi connectivity index (χ3v) is 4.42. The normalized spacial score (nSPS) is 11.9. The van der Waals surface area contributed by atoms with Crippen molar-refractivity contribution in [3.05, 3.63) is 29.8 Å². The van der Waals surface area contributed by atoms with Crippen molar-refractivity contribution in [1.82, 2.24) is 0 Å². The summed E-state index contributed by atoms with van der Waals surface area (Å²) in [5.74, 6) is -3.10. The zero-order valence-electron chi connectivity index (χ0n) is 6.48. The summed E-state index contributed by atoms with van der Waals surface area (Å²) >= 11 is 0. The molecule has 1 aromatic carbocycles. The van der Waals surface area contributed by atoms with Gasteiger partial charge in [0.1, 0.15) is 4.90 Å². The van der Waals surface area contributed by atoms with Crippen LogP contribution in [0.5, 0.6) is 0 Å². The van der Waals surface area contributed by atoms with E-state index in [2.05, 4.69) is 0 Å². The third-order valence-electron chi connectivity index (χ3n) is 1.39. The summed E-state index contributed by atoms with van der Waals surface area (Å²) in [6.45, 7) is 0. The highest BCUT2D eigenvalue weighted by molar-refractivity contribution is 8.59. The van der Waals surface area contributed by atoms with E-state index >= 15 is 0 Å². The second kappa shape index (κ2) is 3.62. The molecule has 4 nitrogen and oxygen atoms in total. The number of thiol groups is 1. The van der Waals surface area contributed by atoms with Crippen molar-refractivity contribution in [1.29, 1.82) is 0 Å². The number of hydrogen-bond acceptors (Lipinski definition) is 4. The van der Waals surface area contributed by atoms with Crippen LogP contribution >= 0.6 is 0 Å². The summed E-state index contributed by atoms with van der Waals surface area (Å²) in [7, 11) is -8.67. The number of halogens is 2. The first-order chi connectivity index (χ1) is 6.37. The molecule has 78 valence electrons. The van der Waals surface area contributed by atoms with E-state index in [4.69, 9.17) is 0 Å². The molecule has 8 heteroatoms. The molecule has 1 aromatic rings. The molecular weight excluding hydrogens is 238 g/mol. The van der Waals surface area contributed by atoms with Gasteiger partial charge >= 0.3 is 0 Å². The van der Waals surface area contributed by atoms with Crippen molar-refractivity contribution in [2.24, 2.45) is 0 Å². The van der Waals surface area contributed by atoms with Gasteiger partial charge in [-0.05, 0) is 12.1 Å². The van der Waals surface area contributed by atoms with Gasteiger partial charge in [0.15, 0.2) is 11.6 Å². The standard InChI is InChI=1S/C6H4F2O4S2/c7-4-2-1-3-5(6(4)8)14(11,12)13(9)10/h1-3,13H. The smallest absolute Gasteiger partial charge is 0.215 e. The lowest BCUT2D eigenvalue weighted by Crippen LogP contribution is -2.06. The van der Waals surface area contributed by atoms with Crippen LogP contribution in [0.15, 0.2) is 23.1 Å². The van der Waals surface area contributed by atoms with Crippen molar-refractivity contribution in [2.75, 3.05) is 0 Å². The maximum atomic E-state index is 12.8. The van der Waals surface area contributed by atoms with E-state index in [1.165, 1.54) is 0 Å². The van der Waals surface area contributed by atoms with Crippen LogP contribution in [0.3, 0.4) is 0 Å². The molecule has 0 amide bonds. The minimum atomic E-state index is -4.79. The summed E-state index contributed by atoms with van der Waals surface area (Å²) in [6.07, 6.45) is 0. The van der Waals surface area contributed by atoms with Gasteiger partial charge in [-0.1, -0.05) is 6.07 Å². The number of rotatable bonds is 2. The third kappa shape index (κ3) is 1.75. The summed E-state index contributed by atoms with van der Waals surface area (Å²) < 4.78 is 67.7. The Labute approximate surface area is 79.4 Å². The lowest BCUT2D eigenvalue weighted by Gasteiger charge is -1.98. The first-order valence-corrected chi connectivity index (χ1v) is 6.47. The van der Waals surface area contributed by atoms with E-state index in [0.717, 1.165) is 6.07 Å². The molecule has 0 unspecified atom stereocenters. The summed E-state index contributed by atoms with van der Waals surface area (Å²) in [5, 5.41) is 0. The SMILES string of the molecule is O=[SH](=O)S(=O)(=O)c1cccc(F)c1F. The van der Waals surface area contributed by atoms with Crippen molar-refractivity contribution < 1.29 is 25.6 Å². The monoisotopic (exact) mass is 242 g/mol. The molecule has 0 radical (unpaired) electrons. The van der Waals surface area contributed by atoms with Gasteiger partial charge in [0.2, 0.25) is 9.74 Å². The molecule has 0 saturated heterocycles. The predicted molar refractivity (Wildman–Crippen MR) is 43.9 cm³/mol. The Morgan fingerprint density at radius 2 is 1.71 bits per heavy atom. The minimum Gasteiger partial charge on any atom is -0.215 e. The fourth-order valence-electron chi connectivity index (χ4n) is 0.764. The van der Waals surface area contributed by atoms with Crippen LogP contribution in [0, 0.1) is 11.6 Å². The van der Waals surface area contributed by atoms with Crippen molar-refractivity contribution in [3.8, 4) is 0 Å². The Bertz CT molecular complexity index is 525. The fourth-order valence-corrected chi connectivity index (χ4v) is 2.40. The van der Waals surface area contributed by atoms with Gasteiger partial charge in [0.05, 0.1) is 0 Å². The maximum absolute atomic E-state index is 12.8. The highest BCUT2D eigenvalue weighted by Gasteiger charge is 2.23. The lowest BCUT2D eigenvalue weighted by molar-refractivity contribution is 0.486. The number of benzene rings is 1. The minimum absolute atomic E-state index is 0.679. The second-order valence-electron chi connectivity index (χ2n) is 2.25. The van der Waals surface area contributed by atoms with E-state index in [9.17, 15) is 25.6 Å². The molecule has 0 bridgehead atoms. The molecule has 0 spiro atoms. The Morgan fingerprint density at radius 3 is 2.21 bits per heavy atom. The summed E-state index contributed by atoms with van der Waals surface area (Å²) in [5.41, 5.74) is 0. The van der Waals surface area contributed by atoms with Gasteiger partial charge in [-0.3, -0.25) is 0 Å². The van der Waals surface area contributed by atoms with E-state index in [0.29, 0.717) is 12.1 Å². The van der Waals surface area contributed by atoms with Crippen LogP contribution in [0.1, 0.15) is 0 Å². The van der Waals surface area contributed by atoms with Gasteiger partial charge in [-0.15, -0.1) is 0 Å². The van der Waals surface area contributed by atoms with Crippen LogP contribution in [0.2, 0.25) is 0 Å². The molecule has 0 aromatic heterocycles. The molecule has 0 saturated carbocycles. The Morgan fingerprint density at radius 1 is 1.14 bits per heavy atom. The summed E-state index contributed by atoms with van der Waals surface area (Å²) in [6, 6.07) is 2.27. The molecule has 0 fully saturated rings. The van der Waals surface area contributed by atoms with E-state index in [-0.39, 0.29) is 0 Å². The Kier molecular flexibility index (Phi) is 2.86. The molecular formula is C6H4F2O4S2. The second-order valence-corrected chi connectivity index (χ2v) is 6.42.